The molecule has 174 valence electrons. The summed E-state index contributed by atoms with van der Waals surface area (Å²) in [6.07, 6.45) is 7.24. The van der Waals surface area contributed by atoms with Gasteiger partial charge in [-0.3, -0.25) is 4.90 Å². The first-order valence-corrected chi connectivity index (χ1v) is 12.4. The summed E-state index contributed by atoms with van der Waals surface area (Å²) in [5, 5.41) is 1.25. The van der Waals surface area contributed by atoms with Gasteiger partial charge in [-0.15, -0.1) is 0 Å². The quantitative estimate of drug-likeness (QED) is 0.534. The lowest BCUT2D eigenvalue weighted by molar-refractivity contribution is -0.00153. The molecule has 1 aromatic carbocycles. The zero-order chi connectivity index (χ0) is 22.5. The van der Waals surface area contributed by atoms with Gasteiger partial charge in [-0.1, -0.05) is 35.7 Å². The van der Waals surface area contributed by atoms with E-state index in [9.17, 15) is 0 Å². The summed E-state index contributed by atoms with van der Waals surface area (Å²) in [5.41, 5.74) is 1.94. The number of halogens is 2. The number of ether oxygens (including phenoxy) is 2. The zero-order valence-corrected chi connectivity index (χ0v) is 20.5. The third-order valence-corrected chi connectivity index (χ3v) is 7.12. The molecule has 5 nitrogen and oxygen atoms in total. The zero-order valence-electron chi connectivity index (χ0n) is 19.0. The van der Waals surface area contributed by atoms with E-state index in [1.165, 1.54) is 38.8 Å². The van der Waals surface area contributed by atoms with Gasteiger partial charge in [-0.2, -0.15) is 0 Å². The van der Waals surface area contributed by atoms with E-state index in [2.05, 4.69) is 14.8 Å². The van der Waals surface area contributed by atoms with Crippen LogP contribution in [0.25, 0.3) is 0 Å². The van der Waals surface area contributed by atoms with Crippen molar-refractivity contribution < 1.29 is 9.47 Å². The fourth-order valence-electron chi connectivity index (χ4n) is 4.12. The van der Waals surface area contributed by atoms with Crippen LogP contribution in [0.15, 0.2) is 30.5 Å². The second-order valence-electron chi connectivity index (χ2n) is 8.81. The van der Waals surface area contributed by atoms with Crippen molar-refractivity contribution in [3.05, 3.63) is 51.6 Å². The van der Waals surface area contributed by atoms with E-state index in [-0.39, 0.29) is 6.10 Å². The fourth-order valence-corrected chi connectivity index (χ4v) is 4.68. The molecule has 1 aromatic heterocycles. The topological polar surface area (TPSA) is 37.8 Å². The van der Waals surface area contributed by atoms with E-state index in [1.54, 1.807) is 6.07 Å². The first-order chi connectivity index (χ1) is 15.5. The van der Waals surface area contributed by atoms with Crippen LogP contribution >= 0.6 is 23.2 Å². The smallest absolute Gasteiger partial charge is 0.132 e. The Morgan fingerprint density at radius 3 is 2.41 bits per heavy atom. The molecule has 0 amide bonds. The molecule has 1 unspecified atom stereocenters. The summed E-state index contributed by atoms with van der Waals surface area (Å²) in [4.78, 5) is 9.29. The molecule has 2 aliphatic heterocycles. The Hall–Kier alpha value is -1.53. The van der Waals surface area contributed by atoms with Crippen LogP contribution in [0.5, 0.6) is 5.75 Å². The molecule has 0 spiro atoms. The van der Waals surface area contributed by atoms with Crippen molar-refractivity contribution in [1.29, 1.82) is 0 Å². The van der Waals surface area contributed by atoms with E-state index >= 15 is 0 Å². The molecule has 0 radical (unpaired) electrons. The van der Waals surface area contributed by atoms with E-state index < -0.39 is 0 Å². The molecule has 32 heavy (non-hydrogen) atoms. The Kier molecular flexibility index (Phi) is 8.17. The van der Waals surface area contributed by atoms with E-state index in [1.807, 2.05) is 38.2 Å². The SMILES string of the molecule is C1CC(N2CCOCC2)C1.Cc1cnc(N2CCC2)cc1OC(C)c1ccc(Cl)cc1Cl. The number of morpholine rings is 1. The van der Waals surface area contributed by atoms with Crippen molar-refractivity contribution in [3.63, 3.8) is 0 Å². The summed E-state index contributed by atoms with van der Waals surface area (Å²) in [6, 6.07) is 8.40. The van der Waals surface area contributed by atoms with Crippen molar-refractivity contribution in [2.75, 3.05) is 44.3 Å². The minimum atomic E-state index is -0.157. The van der Waals surface area contributed by atoms with Gasteiger partial charge in [0.1, 0.15) is 17.7 Å². The number of nitrogens with zero attached hydrogens (tertiary/aromatic N) is 3. The third kappa shape index (κ3) is 5.88. The fraction of sp³-hybridized carbons (Fsp3) is 0.560. The van der Waals surface area contributed by atoms with Crippen LogP contribution in [-0.2, 0) is 4.74 Å². The minimum absolute atomic E-state index is 0.157. The Morgan fingerprint density at radius 2 is 1.81 bits per heavy atom. The molecule has 2 aromatic rings. The van der Waals surface area contributed by atoms with Crippen LogP contribution in [0.3, 0.4) is 0 Å². The lowest BCUT2D eigenvalue weighted by Crippen LogP contribution is -2.46. The molecule has 0 bridgehead atoms. The summed E-state index contributed by atoms with van der Waals surface area (Å²) < 4.78 is 11.4. The molecule has 2 saturated heterocycles. The third-order valence-electron chi connectivity index (χ3n) is 6.56. The van der Waals surface area contributed by atoms with E-state index in [0.29, 0.717) is 10.0 Å². The summed E-state index contributed by atoms with van der Waals surface area (Å²) in [5.74, 6) is 1.82. The summed E-state index contributed by atoms with van der Waals surface area (Å²) >= 11 is 12.2. The van der Waals surface area contributed by atoms with Crippen molar-refractivity contribution in [3.8, 4) is 5.75 Å². The number of benzene rings is 1. The number of aromatic nitrogens is 1. The highest BCUT2D eigenvalue weighted by molar-refractivity contribution is 6.35. The van der Waals surface area contributed by atoms with E-state index in [0.717, 1.165) is 55.0 Å². The van der Waals surface area contributed by atoms with Crippen LogP contribution in [0.1, 0.15) is 49.8 Å². The maximum Gasteiger partial charge on any atom is 0.132 e. The highest BCUT2D eigenvalue weighted by Crippen LogP contribution is 2.32. The van der Waals surface area contributed by atoms with Gasteiger partial charge in [-0.25, -0.2) is 4.98 Å². The van der Waals surface area contributed by atoms with Gasteiger partial charge < -0.3 is 14.4 Å². The van der Waals surface area contributed by atoms with Gasteiger partial charge in [0.25, 0.3) is 0 Å². The van der Waals surface area contributed by atoms with Crippen LogP contribution in [0.2, 0.25) is 10.0 Å². The van der Waals surface area contributed by atoms with Crippen molar-refractivity contribution >= 4 is 29.0 Å². The molecular weight excluding hydrogens is 445 g/mol. The Labute approximate surface area is 201 Å². The highest BCUT2D eigenvalue weighted by Gasteiger charge is 2.25. The summed E-state index contributed by atoms with van der Waals surface area (Å²) in [6.45, 7) is 10.4. The molecule has 7 heteroatoms. The molecule has 1 saturated carbocycles. The van der Waals surface area contributed by atoms with Crippen molar-refractivity contribution in [2.24, 2.45) is 0 Å². The second-order valence-corrected chi connectivity index (χ2v) is 9.65. The highest BCUT2D eigenvalue weighted by atomic mass is 35.5. The first-order valence-electron chi connectivity index (χ1n) is 11.7. The summed E-state index contributed by atoms with van der Waals surface area (Å²) in [7, 11) is 0. The van der Waals surface area contributed by atoms with Crippen LogP contribution < -0.4 is 9.64 Å². The standard InChI is InChI=1S/C17H18Cl2N2O.C8H15NO/c1-11-10-20-17(21-6-3-7-21)9-16(11)22-12(2)14-5-4-13(18)8-15(14)19;1-2-8(3-1)9-4-6-10-7-5-9/h4-5,8-10,12H,3,6-7H2,1-2H3;8H,1-7H2. The molecule has 3 aliphatic rings. The number of anilines is 1. The largest absolute Gasteiger partial charge is 0.486 e. The van der Waals surface area contributed by atoms with Crippen molar-refractivity contribution in [2.45, 2.75) is 51.7 Å². The molecule has 0 N–H and O–H groups in total. The predicted molar refractivity (Wildman–Crippen MR) is 131 cm³/mol. The molecule has 3 fully saturated rings. The van der Waals surface area contributed by atoms with Gasteiger partial charge in [0.05, 0.1) is 13.2 Å². The lowest BCUT2D eigenvalue weighted by atomic mass is 9.91. The van der Waals surface area contributed by atoms with Gasteiger partial charge in [0.15, 0.2) is 0 Å². The Balaban J connectivity index is 0.000000203. The molecular formula is C25H33Cl2N3O2. The number of pyridine rings is 1. The maximum atomic E-state index is 6.26. The molecule has 3 heterocycles. The lowest BCUT2D eigenvalue weighted by Gasteiger charge is -2.39. The van der Waals surface area contributed by atoms with E-state index in [4.69, 9.17) is 32.7 Å². The Bertz CT molecular complexity index is 897. The monoisotopic (exact) mass is 477 g/mol. The molecule has 5 rings (SSSR count). The average Bonchev–Trinajstić information content (AvgIpc) is 2.69. The van der Waals surface area contributed by atoms with Gasteiger partial charge >= 0.3 is 0 Å². The Morgan fingerprint density at radius 1 is 1.06 bits per heavy atom. The molecule has 1 aliphatic carbocycles. The average molecular weight is 478 g/mol. The van der Waals surface area contributed by atoms with Crippen LogP contribution in [-0.4, -0.2) is 55.3 Å². The second kappa shape index (κ2) is 11.1. The minimum Gasteiger partial charge on any atom is -0.486 e. The van der Waals surface area contributed by atoms with Gasteiger partial charge in [0, 0.05) is 65.7 Å². The van der Waals surface area contributed by atoms with Gasteiger partial charge in [-0.05, 0) is 45.2 Å². The van der Waals surface area contributed by atoms with Gasteiger partial charge in [0.2, 0.25) is 0 Å². The van der Waals surface area contributed by atoms with Crippen LogP contribution in [0.4, 0.5) is 5.82 Å². The normalized spacial score (nSPS) is 19.9. The van der Waals surface area contributed by atoms with Crippen molar-refractivity contribution in [1.82, 2.24) is 9.88 Å². The number of hydrogen-bond acceptors (Lipinski definition) is 5. The number of hydrogen-bond donors (Lipinski definition) is 0. The first kappa shape index (κ1) is 23.6. The molecule has 1 atom stereocenters. The maximum absolute atomic E-state index is 6.26. The predicted octanol–water partition coefficient (Wildman–Crippen LogP) is 5.92. The number of rotatable bonds is 5. The van der Waals surface area contributed by atoms with Crippen LogP contribution in [0, 0.1) is 6.92 Å². The number of aryl methyl sites for hydroxylation is 1.